The molecule has 0 amide bonds. The number of hydrogen-bond acceptors (Lipinski definition) is 3. The van der Waals surface area contributed by atoms with Crippen LogP contribution >= 0.6 is 0 Å². The summed E-state index contributed by atoms with van der Waals surface area (Å²) in [6.45, 7) is 24.5. The van der Waals surface area contributed by atoms with E-state index in [2.05, 4.69) is 95.5 Å². The molecular formula is C26H46BNO2Si2. The van der Waals surface area contributed by atoms with E-state index < -0.39 is 16.5 Å². The Kier molecular flexibility index (Phi) is 6.03. The maximum atomic E-state index is 7.18. The Labute approximate surface area is 200 Å². The molecule has 6 heteroatoms. The minimum atomic E-state index is -1.61. The Morgan fingerprint density at radius 1 is 1.03 bits per heavy atom. The molecule has 3 nitrogen and oxygen atoms in total. The summed E-state index contributed by atoms with van der Waals surface area (Å²) in [5.41, 5.74) is 2.76. The molecule has 1 spiro atoms. The lowest BCUT2D eigenvalue weighted by atomic mass is 9.41. The molecule has 1 saturated heterocycles. The van der Waals surface area contributed by atoms with Crippen molar-refractivity contribution in [1.82, 2.24) is 4.23 Å². The van der Waals surface area contributed by atoms with Crippen LogP contribution in [0.5, 0.6) is 0 Å². The van der Waals surface area contributed by atoms with Crippen molar-refractivity contribution in [1.29, 1.82) is 0 Å². The second-order valence-electron chi connectivity index (χ2n) is 13.5. The van der Waals surface area contributed by atoms with E-state index >= 15 is 0 Å². The molecule has 1 aliphatic heterocycles. The molecule has 0 aromatic heterocycles. The summed E-state index contributed by atoms with van der Waals surface area (Å²) in [5.74, 6) is 1.05. The van der Waals surface area contributed by atoms with Gasteiger partial charge in [0.25, 0.3) is 0 Å². The molecular weight excluding hydrogens is 425 g/mol. The van der Waals surface area contributed by atoms with E-state index in [1.807, 2.05) is 0 Å². The molecule has 4 atom stereocenters. The largest absolute Gasteiger partial charge is 0.475 e. The van der Waals surface area contributed by atoms with Crippen molar-refractivity contribution in [2.45, 2.75) is 116 Å². The maximum Gasteiger partial charge on any atom is 0.475 e. The normalized spacial score (nSPS) is 32.6. The number of benzene rings is 1. The molecule has 3 saturated carbocycles. The fourth-order valence-corrected chi connectivity index (χ4v) is 18.2. The SMILES string of the molecule is CCc1cccc(C[C@@H](B2OC3(C)CCC4CC3(O2)C4(C)C)N([Si](C)(C)C)[Si](C)(C)C)c1. The van der Waals surface area contributed by atoms with Gasteiger partial charge in [-0.25, -0.2) is 0 Å². The Balaban J connectivity index is 1.74. The summed E-state index contributed by atoms with van der Waals surface area (Å²) in [6.07, 6.45) is 5.66. The number of aryl methyl sites for hydroxylation is 1. The Hall–Kier alpha value is -0.401. The number of fused-ring (bicyclic) bond motifs is 1. The molecule has 32 heavy (non-hydrogen) atoms. The van der Waals surface area contributed by atoms with Gasteiger partial charge in [-0.15, -0.1) is 0 Å². The fourth-order valence-electron chi connectivity index (χ4n) is 7.72. The topological polar surface area (TPSA) is 21.7 Å². The summed E-state index contributed by atoms with van der Waals surface area (Å²) in [5, 5.41) is 0. The smallest absolute Gasteiger partial charge is 0.402 e. The van der Waals surface area contributed by atoms with Gasteiger partial charge >= 0.3 is 7.12 Å². The zero-order valence-corrected chi connectivity index (χ0v) is 24.3. The van der Waals surface area contributed by atoms with Gasteiger partial charge in [0.15, 0.2) is 0 Å². The highest BCUT2D eigenvalue weighted by molar-refractivity contribution is 6.90. The van der Waals surface area contributed by atoms with E-state index in [9.17, 15) is 0 Å². The minimum absolute atomic E-state index is 0.123. The Bertz CT molecular complexity index is 850. The lowest BCUT2D eigenvalue weighted by Crippen LogP contribution is -2.73. The van der Waals surface area contributed by atoms with E-state index in [0.29, 0.717) is 0 Å². The summed E-state index contributed by atoms with van der Waals surface area (Å²) >= 11 is 0. The lowest BCUT2D eigenvalue weighted by molar-refractivity contribution is -0.257. The van der Waals surface area contributed by atoms with Gasteiger partial charge in [-0.2, -0.15) is 0 Å². The minimum Gasteiger partial charge on any atom is -0.402 e. The van der Waals surface area contributed by atoms with Gasteiger partial charge in [0.1, 0.15) is 16.5 Å². The predicted molar refractivity (Wildman–Crippen MR) is 142 cm³/mol. The highest BCUT2D eigenvalue weighted by Gasteiger charge is 2.77. The van der Waals surface area contributed by atoms with Crippen LogP contribution < -0.4 is 0 Å². The van der Waals surface area contributed by atoms with Crippen LogP contribution in [0, 0.1) is 11.3 Å². The van der Waals surface area contributed by atoms with Crippen LogP contribution in [0.1, 0.15) is 58.1 Å². The summed E-state index contributed by atoms with van der Waals surface area (Å²) in [7, 11) is -3.38. The van der Waals surface area contributed by atoms with Crippen molar-refractivity contribution in [3.63, 3.8) is 0 Å². The lowest BCUT2D eigenvalue weighted by Gasteiger charge is -2.69. The first-order valence-electron chi connectivity index (χ1n) is 12.9. The highest BCUT2D eigenvalue weighted by Crippen LogP contribution is 2.70. The molecule has 1 aromatic rings. The second-order valence-corrected chi connectivity index (χ2v) is 23.6. The molecule has 1 heterocycles. The molecule has 178 valence electrons. The molecule has 4 fully saturated rings. The second kappa shape index (κ2) is 7.81. The van der Waals surface area contributed by atoms with E-state index in [0.717, 1.165) is 25.2 Å². The van der Waals surface area contributed by atoms with Gasteiger partial charge in [0, 0.05) is 5.94 Å². The average Bonchev–Trinajstić information content (AvgIpc) is 3.01. The zero-order chi connectivity index (χ0) is 23.7. The van der Waals surface area contributed by atoms with Crippen LogP contribution in [0.25, 0.3) is 0 Å². The van der Waals surface area contributed by atoms with Gasteiger partial charge in [0.2, 0.25) is 0 Å². The van der Waals surface area contributed by atoms with Crippen molar-refractivity contribution >= 4 is 23.6 Å². The van der Waals surface area contributed by atoms with Crippen molar-refractivity contribution in [2.75, 3.05) is 0 Å². The van der Waals surface area contributed by atoms with Crippen LogP contribution in [-0.2, 0) is 22.2 Å². The van der Waals surface area contributed by atoms with Gasteiger partial charge in [-0.3, -0.25) is 0 Å². The van der Waals surface area contributed by atoms with Crippen molar-refractivity contribution in [2.24, 2.45) is 11.3 Å². The van der Waals surface area contributed by atoms with Gasteiger partial charge in [0.05, 0.1) is 11.2 Å². The number of hydrogen-bond donors (Lipinski definition) is 0. The molecule has 4 aliphatic rings. The van der Waals surface area contributed by atoms with Crippen molar-refractivity contribution < 1.29 is 9.31 Å². The van der Waals surface area contributed by atoms with Crippen LogP contribution in [0.4, 0.5) is 0 Å². The molecule has 1 aromatic carbocycles. The van der Waals surface area contributed by atoms with E-state index in [1.54, 1.807) is 0 Å². The summed E-state index contributed by atoms with van der Waals surface area (Å²) in [6, 6.07) is 9.20. The van der Waals surface area contributed by atoms with Gasteiger partial charge in [-0.05, 0) is 61.5 Å². The maximum absolute atomic E-state index is 7.18. The average molecular weight is 472 g/mol. The number of nitrogens with zero attached hydrogens (tertiary/aromatic N) is 1. The third kappa shape index (κ3) is 3.73. The molecule has 0 radical (unpaired) electrons. The first kappa shape index (κ1) is 24.7. The standard InChI is InChI=1S/C26H46BNO2Si2/c1-11-20-13-12-14-21(17-20)18-23(28(31(5,6)7)32(8,9)10)27-29-25(4)16-15-22-19-26(25,30-27)24(22,2)3/h12-14,17,22-23H,11,15-16,18-19H2,1-10H3/t22?,23-,25?,26?/m0/s1. The quantitative estimate of drug-likeness (QED) is 0.421. The van der Waals surface area contributed by atoms with Crippen molar-refractivity contribution in [3.8, 4) is 0 Å². The van der Waals surface area contributed by atoms with Crippen LogP contribution in [0.3, 0.4) is 0 Å². The molecule has 2 bridgehead atoms. The Morgan fingerprint density at radius 2 is 1.66 bits per heavy atom. The first-order valence-corrected chi connectivity index (χ1v) is 19.8. The molecule has 0 N–H and O–H groups in total. The van der Waals surface area contributed by atoms with Crippen LogP contribution in [0.15, 0.2) is 24.3 Å². The van der Waals surface area contributed by atoms with E-state index in [1.165, 1.54) is 24.0 Å². The third-order valence-corrected chi connectivity index (χ3v) is 16.6. The van der Waals surface area contributed by atoms with Crippen LogP contribution in [0.2, 0.25) is 39.3 Å². The summed E-state index contributed by atoms with van der Waals surface area (Å²) in [4.78, 5) is 0. The molecule has 5 rings (SSSR count). The molecule has 3 unspecified atom stereocenters. The Morgan fingerprint density at radius 3 is 2.19 bits per heavy atom. The first-order chi connectivity index (χ1) is 14.6. The predicted octanol–water partition coefficient (Wildman–Crippen LogP) is 6.54. The van der Waals surface area contributed by atoms with Crippen molar-refractivity contribution in [3.05, 3.63) is 35.4 Å². The van der Waals surface area contributed by atoms with Crippen LogP contribution in [-0.4, -0.2) is 45.0 Å². The monoisotopic (exact) mass is 471 g/mol. The number of rotatable bonds is 7. The molecule has 3 aliphatic carbocycles. The highest BCUT2D eigenvalue weighted by atomic mass is 28.4. The third-order valence-electron chi connectivity index (χ3n) is 9.05. The van der Waals surface area contributed by atoms with E-state index in [4.69, 9.17) is 9.31 Å². The zero-order valence-electron chi connectivity index (χ0n) is 22.3. The van der Waals surface area contributed by atoms with Gasteiger partial charge < -0.3 is 13.5 Å². The van der Waals surface area contributed by atoms with Gasteiger partial charge in [-0.1, -0.05) is 84.3 Å². The summed E-state index contributed by atoms with van der Waals surface area (Å²) < 4.78 is 17.2. The fraction of sp³-hybridized carbons (Fsp3) is 0.769. The van der Waals surface area contributed by atoms with E-state index in [-0.39, 0.29) is 29.7 Å².